The second-order valence-corrected chi connectivity index (χ2v) is 9.27. The molecule has 1 aliphatic carbocycles. The van der Waals surface area contributed by atoms with Crippen LogP contribution in [0.5, 0.6) is 0 Å². The topological polar surface area (TPSA) is 66.4 Å². The number of rotatable bonds is 4. The standard InChI is InChI=1S/C14H17NO3S3/c1-9-7-14(20-13(9)8-16)21(17,18)15-11-3-2-4-12-10(11)5-6-19-12/h5-7,11,15-16H,2-4,8H2,1H3. The molecule has 2 aromatic heterocycles. The number of fused-ring (bicyclic) bond motifs is 1. The summed E-state index contributed by atoms with van der Waals surface area (Å²) in [5.74, 6) is 0. The van der Waals surface area contributed by atoms with Crippen LogP contribution in [0.4, 0.5) is 0 Å². The van der Waals surface area contributed by atoms with Gasteiger partial charge in [0.25, 0.3) is 10.0 Å². The fourth-order valence-corrected chi connectivity index (χ4v) is 6.34. The second-order valence-electron chi connectivity index (χ2n) is 5.19. The Labute approximate surface area is 132 Å². The van der Waals surface area contributed by atoms with E-state index in [9.17, 15) is 13.5 Å². The molecule has 1 atom stereocenters. The number of sulfonamides is 1. The molecule has 4 nitrogen and oxygen atoms in total. The van der Waals surface area contributed by atoms with Crippen molar-refractivity contribution in [3.63, 3.8) is 0 Å². The minimum absolute atomic E-state index is 0.121. The van der Waals surface area contributed by atoms with Crippen LogP contribution in [0.1, 0.15) is 39.8 Å². The van der Waals surface area contributed by atoms with Gasteiger partial charge in [-0.3, -0.25) is 0 Å². The van der Waals surface area contributed by atoms with Gasteiger partial charge < -0.3 is 5.11 Å². The molecule has 0 aliphatic heterocycles. The summed E-state index contributed by atoms with van der Waals surface area (Å²) in [6.07, 6.45) is 2.88. The summed E-state index contributed by atoms with van der Waals surface area (Å²) in [5, 5.41) is 11.2. The smallest absolute Gasteiger partial charge is 0.250 e. The van der Waals surface area contributed by atoms with E-state index in [1.807, 2.05) is 18.4 Å². The van der Waals surface area contributed by atoms with Gasteiger partial charge in [0.1, 0.15) is 4.21 Å². The van der Waals surface area contributed by atoms with Crippen molar-refractivity contribution in [1.29, 1.82) is 0 Å². The van der Waals surface area contributed by atoms with Crippen LogP contribution in [0, 0.1) is 6.92 Å². The summed E-state index contributed by atoms with van der Waals surface area (Å²) < 4.78 is 28.2. The van der Waals surface area contributed by atoms with E-state index in [1.165, 1.54) is 4.88 Å². The number of hydrogen-bond donors (Lipinski definition) is 2. The average molecular weight is 343 g/mol. The molecule has 21 heavy (non-hydrogen) atoms. The molecule has 0 radical (unpaired) electrons. The van der Waals surface area contributed by atoms with Crippen LogP contribution in [-0.4, -0.2) is 13.5 Å². The molecule has 0 fully saturated rings. The third-order valence-corrected chi connectivity index (χ3v) is 7.92. The molecule has 2 aromatic rings. The maximum absolute atomic E-state index is 12.5. The number of aliphatic hydroxyl groups is 1. The van der Waals surface area contributed by atoms with Crippen LogP contribution in [-0.2, 0) is 23.1 Å². The largest absolute Gasteiger partial charge is 0.391 e. The Balaban J connectivity index is 1.87. The lowest BCUT2D eigenvalue weighted by atomic mass is 9.95. The van der Waals surface area contributed by atoms with Crippen LogP contribution in [0.15, 0.2) is 21.7 Å². The van der Waals surface area contributed by atoms with E-state index in [4.69, 9.17) is 0 Å². The van der Waals surface area contributed by atoms with Crippen LogP contribution >= 0.6 is 22.7 Å². The normalized spacial score (nSPS) is 18.7. The first kappa shape index (κ1) is 15.2. The van der Waals surface area contributed by atoms with Crippen LogP contribution < -0.4 is 4.72 Å². The predicted octanol–water partition coefficient (Wildman–Crippen LogP) is 2.97. The summed E-state index contributed by atoms with van der Waals surface area (Å²) in [6, 6.07) is 3.52. The lowest BCUT2D eigenvalue weighted by molar-refractivity contribution is 0.285. The fourth-order valence-electron chi connectivity index (χ4n) is 2.63. The highest BCUT2D eigenvalue weighted by molar-refractivity contribution is 7.91. The first-order chi connectivity index (χ1) is 10.0. The molecule has 0 saturated heterocycles. The van der Waals surface area contributed by atoms with Gasteiger partial charge >= 0.3 is 0 Å². The van der Waals surface area contributed by atoms with Crippen LogP contribution in [0.25, 0.3) is 0 Å². The molecule has 0 bridgehead atoms. The highest BCUT2D eigenvalue weighted by Crippen LogP contribution is 2.35. The first-order valence-electron chi connectivity index (χ1n) is 6.80. The van der Waals surface area contributed by atoms with E-state index < -0.39 is 10.0 Å². The van der Waals surface area contributed by atoms with Gasteiger partial charge in [-0.2, -0.15) is 0 Å². The molecule has 2 N–H and O–H groups in total. The van der Waals surface area contributed by atoms with Crippen molar-refractivity contribution >= 4 is 32.7 Å². The number of nitrogens with one attached hydrogen (secondary N) is 1. The lowest BCUT2D eigenvalue weighted by Gasteiger charge is -2.23. The second kappa shape index (κ2) is 5.81. The monoisotopic (exact) mass is 343 g/mol. The van der Waals surface area contributed by atoms with E-state index in [0.29, 0.717) is 4.88 Å². The molecule has 3 rings (SSSR count). The third kappa shape index (κ3) is 2.93. The SMILES string of the molecule is Cc1cc(S(=O)(=O)NC2CCCc3sccc32)sc1CO. The Kier molecular flexibility index (Phi) is 4.20. The van der Waals surface area contributed by atoms with Crippen molar-refractivity contribution in [2.45, 2.75) is 43.0 Å². The quantitative estimate of drug-likeness (QED) is 0.897. The Morgan fingerprint density at radius 1 is 1.48 bits per heavy atom. The van der Waals surface area contributed by atoms with E-state index in [2.05, 4.69) is 4.72 Å². The lowest BCUT2D eigenvalue weighted by Crippen LogP contribution is -2.30. The summed E-state index contributed by atoms with van der Waals surface area (Å²) in [4.78, 5) is 1.99. The van der Waals surface area contributed by atoms with Crippen molar-refractivity contribution in [3.05, 3.63) is 38.4 Å². The Hall–Kier alpha value is -0.730. The van der Waals surface area contributed by atoms with Crippen molar-refractivity contribution in [2.75, 3.05) is 0 Å². The first-order valence-corrected chi connectivity index (χ1v) is 9.98. The molecule has 0 saturated carbocycles. The predicted molar refractivity (Wildman–Crippen MR) is 85.3 cm³/mol. The van der Waals surface area contributed by atoms with Gasteiger partial charge in [-0.25, -0.2) is 13.1 Å². The third-order valence-electron chi connectivity index (χ3n) is 3.76. The van der Waals surface area contributed by atoms with Gasteiger partial charge in [0.15, 0.2) is 0 Å². The van der Waals surface area contributed by atoms with Crippen molar-refractivity contribution < 1.29 is 13.5 Å². The summed E-state index contributed by atoms with van der Waals surface area (Å²) in [6.45, 7) is 1.70. The molecular formula is C14H17NO3S3. The van der Waals surface area contributed by atoms with E-state index in [0.717, 1.165) is 41.7 Å². The molecular weight excluding hydrogens is 326 g/mol. The fraction of sp³-hybridized carbons (Fsp3) is 0.429. The number of hydrogen-bond acceptors (Lipinski definition) is 5. The number of aryl methyl sites for hydroxylation is 2. The molecule has 1 unspecified atom stereocenters. The molecule has 1 aliphatic rings. The van der Waals surface area contributed by atoms with Gasteiger partial charge in [-0.15, -0.1) is 22.7 Å². The zero-order valence-electron chi connectivity index (χ0n) is 11.6. The molecule has 7 heteroatoms. The minimum atomic E-state index is -3.53. The number of thiophene rings is 2. The summed E-state index contributed by atoms with van der Waals surface area (Å²) >= 11 is 2.84. The highest BCUT2D eigenvalue weighted by atomic mass is 32.2. The maximum atomic E-state index is 12.5. The maximum Gasteiger partial charge on any atom is 0.250 e. The van der Waals surface area contributed by atoms with Gasteiger partial charge in [-0.05, 0) is 54.8 Å². The van der Waals surface area contributed by atoms with Crippen molar-refractivity contribution in [1.82, 2.24) is 4.72 Å². The van der Waals surface area contributed by atoms with Gasteiger partial charge in [0.05, 0.1) is 6.61 Å². The average Bonchev–Trinajstić information content (AvgIpc) is 3.05. The summed E-state index contributed by atoms with van der Waals surface area (Å²) in [7, 11) is -3.53. The van der Waals surface area contributed by atoms with Gasteiger partial charge in [0.2, 0.25) is 0 Å². The van der Waals surface area contributed by atoms with Crippen LogP contribution in [0.2, 0.25) is 0 Å². The minimum Gasteiger partial charge on any atom is -0.391 e. The Morgan fingerprint density at radius 2 is 2.29 bits per heavy atom. The Bertz CT molecular complexity index is 745. The molecule has 0 aromatic carbocycles. The highest BCUT2D eigenvalue weighted by Gasteiger charge is 2.27. The number of aliphatic hydroxyl groups excluding tert-OH is 1. The summed E-state index contributed by atoms with van der Waals surface area (Å²) in [5.41, 5.74) is 1.94. The molecule has 114 valence electrons. The van der Waals surface area contributed by atoms with Crippen molar-refractivity contribution in [2.24, 2.45) is 0 Å². The van der Waals surface area contributed by atoms with E-state index >= 15 is 0 Å². The van der Waals surface area contributed by atoms with Crippen LogP contribution in [0.3, 0.4) is 0 Å². The van der Waals surface area contributed by atoms with E-state index in [1.54, 1.807) is 17.4 Å². The van der Waals surface area contributed by atoms with Crippen molar-refractivity contribution in [3.8, 4) is 0 Å². The molecule has 0 spiro atoms. The van der Waals surface area contributed by atoms with Gasteiger partial charge in [-0.1, -0.05) is 0 Å². The zero-order chi connectivity index (χ0) is 15.0. The van der Waals surface area contributed by atoms with E-state index in [-0.39, 0.29) is 16.9 Å². The van der Waals surface area contributed by atoms with Gasteiger partial charge in [0, 0.05) is 15.8 Å². The Morgan fingerprint density at radius 3 is 3.00 bits per heavy atom. The zero-order valence-corrected chi connectivity index (χ0v) is 14.1. The molecule has 0 amide bonds. The molecule has 2 heterocycles.